The number of carbonyl (C=O) groups is 2. The van der Waals surface area contributed by atoms with Crippen molar-refractivity contribution in [3.8, 4) is 5.75 Å². The van der Waals surface area contributed by atoms with Gasteiger partial charge in [0, 0.05) is 32.3 Å². The van der Waals surface area contributed by atoms with E-state index in [1.165, 1.54) is 14.0 Å². The molecule has 8 heteroatoms. The fraction of sp³-hybridized carbons (Fsp3) is 0.353. The van der Waals surface area contributed by atoms with E-state index in [0.29, 0.717) is 18.0 Å². The second kappa shape index (κ2) is 8.29. The van der Waals surface area contributed by atoms with E-state index in [4.69, 9.17) is 4.74 Å². The number of nitrogens with zero attached hydrogens (tertiary/aromatic N) is 2. The average molecular weight is 345 g/mol. The van der Waals surface area contributed by atoms with E-state index in [1.807, 2.05) is 6.07 Å². The van der Waals surface area contributed by atoms with Crippen molar-refractivity contribution in [1.82, 2.24) is 20.4 Å². The predicted octanol–water partition coefficient (Wildman–Crippen LogP) is 0.964. The molecular weight excluding hydrogens is 322 g/mol. The third-order valence-corrected chi connectivity index (χ3v) is 3.65. The first-order valence-corrected chi connectivity index (χ1v) is 7.82. The summed E-state index contributed by atoms with van der Waals surface area (Å²) >= 11 is 0. The van der Waals surface area contributed by atoms with Crippen molar-refractivity contribution in [1.29, 1.82) is 0 Å². The molecule has 0 aliphatic rings. The Bertz CT molecular complexity index is 756. The molecule has 1 aromatic carbocycles. The fourth-order valence-electron chi connectivity index (χ4n) is 2.48. The van der Waals surface area contributed by atoms with Crippen molar-refractivity contribution in [3.63, 3.8) is 0 Å². The number of rotatable bonds is 7. The summed E-state index contributed by atoms with van der Waals surface area (Å²) in [6.07, 6.45) is 3.45. The first-order chi connectivity index (χ1) is 11.9. The first kappa shape index (κ1) is 18.5. The van der Waals surface area contributed by atoms with Gasteiger partial charge in [-0.2, -0.15) is 5.10 Å². The smallest absolute Gasteiger partial charge is 0.242 e. The summed E-state index contributed by atoms with van der Waals surface area (Å²) in [5.74, 6) is 0.215. The Kier molecular flexibility index (Phi) is 6.13. The van der Waals surface area contributed by atoms with Crippen LogP contribution in [0.15, 0.2) is 30.6 Å². The molecule has 2 rings (SSSR count). The highest BCUT2D eigenvalue weighted by Gasteiger charge is 2.19. The van der Waals surface area contributed by atoms with E-state index in [2.05, 4.69) is 21.0 Å². The van der Waals surface area contributed by atoms with E-state index in [9.17, 15) is 9.59 Å². The molecule has 0 fully saturated rings. The molecule has 0 aliphatic heterocycles. The quantitative estimate of drug-likeness (QED) is 0.695. The second-order valence-electron chi connectivity index (χ2n) is 5.60. The number of carbonyl (C=O) groups excluding carboxylic acids is 2. The van der Waals surface area contributed by atoms with Crippen LogP contribution in [0.25, 0.3) is 0 Å². The van der Waals surface area contributed by atoms with Crippen LogP contribution in [-0.2, 0) is 23.2 Å². The van der Waals surface area contributed by atoms with E-state index < -0.39 is 6.04 Å². The molecule has 0 saturated heterocycles. The maximum absolute atomic E-state index is 12.4. The Morgan fingerprint density at radius 2 is 2.12 bits per heavy atom. The zero-order valence-electron chi connectivity index (χ0n) is 14.8. The van der Waals surface area contributed by atoms with Crippen molar-refractivity contribution in [2.75, 3.05) is 19.5 Å². The Balaban J connectivity index is 2.06. The number of methoxy groups -OCH3 is 1. The van der Waals surface area contributed by atoms with E-state index in [0.717, 1.165) is 11.1 Å². The normalized spacial score (nSPS) is 11.7. The molecule has 3 N–H and O–H groups in total. The second-order valence-corrected chi connectivity index (χ2v) is 5.60. The monoisotopic (exact) mass is 345 g/mol. The minimum atomic E-state index is -0.484. The summed E-state index contributed by atoms with van der Waals surface area (Å²) in [5, 5.41) is 12.7. The van der Waals surface area contributed by atoms with Gasteiger partial charge in [0.05, 0.1) is 19.0 Å². The fourth-order valence-corrected chi connectivity index (χ4v) is 2.48. The van der Waals surface area contributed by atoms with Gasteiger partial charge in [-0.1, -0.05) is 6.07 Å². The number of aromatic nitrogens is 2. The van der Waals surface area contributed by atoms with Gasteiger partial charge in [-0.3, -0.25) is 14.3 Å². The molecule has 0 bridgehead atoms. The Labute approximate surface area is 146 Å². The summed E-state index contributed by atoms with van der Waals surface area (Å²) in [4.78, 5) is 23.7. The third-order valence-electron chi connectivity index (χ3n) is 3.65. The average Bonchev–Trinajstić information content (AvgIpc) is 2.99. The summed E-state index contributed by atoms with van der Waals surface area (Å²) in [7, 11) is 5.06. The highest BCUT2D eigenvalue weighted by atomic mass is 16.5. The van der Waals surface area contributed by atoms with E-state index in [-0.39, 0.29) is 11.8 Å². The summed E-state index contributed by atoms with van der Waals surface area (Å²) in [5.41, 5.74) is 2.20. The molecule has 0 radical (unpaired) electrons. The number of aryl methyl sites for hydroxylation is 1. The molecule has 0 saturated carbocycles. The molecule has 25 heavy (non-hydrogen) atoms. The number of benzene rings is 1. The van der Waals surface area contributed by atoms with Crippen LogP contribution in [0.4, 0.5) is 5.69 Å². The zero-order valence-corrected chi connectivity index (χ0v) is 14.8. The largest absolute Gasteiger partial charge is 0.495 e. The number of ether oxygens (including phenoxy) is 1. The van der Waals surface area contributed by atoms with Gasteiger partial charge < -0.3 is 20.7 Å². The van der Waals surface area contributed by atoms with Crippen molar-refractivity contribution in [3.05, 3.63) is 41.7 Å². The van der Waals surface area contributed by atoms with Gasteiger partial charge in [0.15, 0.2) is 0 Å². The summed E-state index contributed by atoms with van der Waals surface area (Å²) < 4.78 is 6.87. The van der Waals surface area contributed by atoms with Gasteiger partial charge in [0.2, 0.25) is 11.8 Å². The highest BCUT2D eigenvalue weighted by Crippen LogP contribution is 2.25. The molecular formula is C17H23N5O3. The molecule has 134 valence electrons. The maximum atomic E-state index is 12.4. The van der Waals surface area contributed by atoms with E-state index >= 15 is 0 Å². The lowest BCUT2D eigenvalue weighted by molar-refractivity contribution is -0.123. The summed E-state index contributed by atoms with van der Waals surface area (Å²) in [6.45, 7) is 1.76. The highest BCUT2D eigenvalue weighted by molar-refractivity contribution is 5.90. The number of likely N-dealkylation sites (N-methyl/N-ethyl adjacent to an activating group) is 1. The molecule has 2 amide bonds. The predicted molar refractivity (Wildman–Crippen MR) is 94.2 cm³/mol. The van der Waals surface area contributed by atoms with Crippen molar-refractivity contribution in [2.45, 2.75) is 19.5 Å². The van der Waals surface area contributed by atoms with Crippen LogP contribution in [-0.4, -0.2) is 35.8 Å². The molecule has 0 aliphatic carbocycles. The van der Waals surface area contributed by atoms with Crippen LogP contribution < -0.4 is 20.7 Å². The van der Waals surface area contributed by atoms with Crippen LogP contribution in [0.1, 0.15) is 24.1 Å². The minimum Gasteiger partial charge on any atom is -0.495 e. The van der Waals surface area contributed by atoms with E-state index in [1.54, 1.807) is 43.3 Å². The molecule has 1 aromatic heterocycles. The lowest BCUT2D eigenvalue weighted by Gasteiger charge is -2.15. The minimum absolute atomic E-state index is 0.160. The van der Waals surface area contributed by atoms with Crippen LogP contribution >= 0.6 is 0 Å². The van der Waals surface area contributed by atoms with Gasteiger partial charge in [-0.25, -0.2) is 0 Å². The lowest BCUT2D eigenvalue weighted by atomic mass is 10.1. The van der Waals surface area contributed by atoms with Crippen LogP contribution in [0, 0.1) is 0 Å². The molecule has 1 heterocycles. The Morgan fingerprint density at radius 1 is 1.36 bits per heavy atom. The van der Waals surface area contributed by atoms with Gasteiger partial charge >= 0.3 is 0 Å². The van der Waals surface area contributed by atoms with Gasteiger partial charge in [-0.05, 0) is 24.7 Å². The van der Waals surface area contributed by atoms with Crippen molar-refractivity contribution >= 4 is 17.5 Å². The molecule has 1 atom stereocenters. The zero-order chi connectivity index (χ0) is 18.4. The SMILES string of the molecule is CNC(C(=O)NCc1ccc(OC)c(NC(C)=O)c1)c1cnn(C)c1. The maximum Gasteiger partial charge on any atom is 0.242 e. The standard InChI is InChI=1S/C17H23N5O3/c1-11(23)21-14-7-12(5-6-15(14)25-4)8-19-17(24)16(18-2)13-9-20-22(3)10-13/h5-7,9-10,16,18H,8H2,1-4H3,(H,19,24)(H,21,23). The van der Waals surface area contributed by atoms with Crippen LogP contribution in [0.2, 0.25) is 0 Å². The molecule has 2 aromatic rings. The number of hydrogen-bond donors (Lipinski definition) is 3. The molecule has 1 unspecified atom stereocenters. The Hall–Kier alpha value is -2.87. The third kappa shape index (κ3) is 4.80. The Morgan fingerprint density at radius 3 is 2.68 bits per heavy atom. The van der Waals surface area contributed by atoms with Crippen LogP contribution in [0.5, 0.6) is 5.75 Å². The lowest BCUT2D eigenvalue weighted by Crippen LogP contribution is -2.35. The number of amides is 2. The summed E-state index contributed by atoms with van der Waals surface area (Å²) in [6, 6.07) is 4.88. The first-order valence-electron chi connectivity index (χ1n) is 7.82. The number of anilines is 1. The number of hydrogen-bond acceptors (Lipinski definition) is 5. The van der Waals surface area contributed by atoms with Crippen LogP contribution in [0.3, 0.4) is 0 Å². The molecule has 0 spiro atoms. The topological polar surface area (TPSA) is 97.3 Å². The van der Waals surface area contributed by atoms with Gasteiger partial charge in [0.25, 0.3) is 0 Å². The van der Waals surface area contributed by atoms with Gasteiger partial charge in [-0.15, -0.1) is 0 Å². The molecule has 8 nitrogen and oxygen atoms in total. The van der Waals surface area contributed by atoms with Gasteiger partial charge in [0.1, 0.15) is 11.8 Å². The number of nitrogens with one attached hydrogen (secondary N) is 3. The van der Waals surface area contributed by atoms with Crippen molar-refractivity contribution in [2.24, 2.45) is 7.05 Å². The van der Waals surface area contributed by atoms with Crippen molar-refractivity contribution < 1.29 is 14.3 Å².